The van der Waals surface area contributed by atoms with Crippen molar-refractivity contribution in [1.82, 2.24) is 5.32 Å². The lowest BCUT2D eigenvalue weighted by Gasteiger charge is -2.28. The maximum absolute atomic E-state index is 12.3. The van der Waals surface area contributed by atoms with Gasteiger partial charge in [0, 0.05) is 17.7 Å². The number of benzene rings is 1. The van der Waals surface area contributed by atoms with Crippen LogP contribution in [0.2, 0.25) is 0 Å². The Kier molecular flexibility index (Phi) is 3.91. The Morgan fingerprint density at radius 1 is 1.17 bits per heavy atom. The van der Waals surface area contributed by atoms with Gasteiger partial charge in [-0.1, -0.05) is 30.4 Å². The first kappa shape index (κ1) is 15.5. The number of carboxylic acid groups (broad SMARTS) is 1. The maximum Gasteiger partial charge on any atom is 0.339 e. The lowest BCUT2D eigenvalue weighted by molar-refractivity contribution is -0.122. The fourth-order valence-electron chi connectivity index (χ4n) is 2.59. The van der Waals surface area contributed by atoms with Gasteiger partial charge in [0.15, 0.2) is 0 Å². The molecule has 1 aromatic carbocycles. The third-order valence-corrected chi connectivity index (χ3v) is 3.81. The van der Waals surface area contributed by atoms with Crippen molar-refractivity contribution in [2.75, 3.05) is 5.32 Å². The van der Waals surface area contributed by atoms with Crippen LogP contribution >= 0.6 is 0 Å². The molecule has 0 fully saturated rings. The number of allylic oxidation sites excluding steroid dienone is 2. The van der Waals surface area contributed by atoms with Gasteiger partial charge in [0.2, 0.25) is 0 Å². The molecule has 1 aromatic rings. The minimum atomic E-state index is -1.28. The minimum absolute atomic E-state index is 0.0296. The van der Waals surface area contributed by atoms with Crippen molar-refractivity contribution in [3.8, 4) is 5.75 Å². The fourth-order valence-corrected chi connectivity index (χ4v) is 2.59. The van der Waals surface area contributed by atoms with Gasteiger partial charge in [0.05, 0.1) is 6.04 Å². The molecule has 3 rings (SSSR count). The largest absolute Gasteiger partial charge is 0.507 e. The molecule has 0 radical (unpaired) electrons. The van der Waals surface area contributed by atoms with Crippen LogP contribution in [0.15, 0.2) is 54.2 Å². The Balaban J connectivity index is 1.80. The van der Waals surface area contributed by atoms with E-state index in [2.05, 4.69) is 10.6 Å². The number of hydrogen-bond acceptors (Lipinski definition) is 4. The van der Waals surface area contributed by atoms with Gasteiger partial charge in [0.25, 0.3) is 11.8 Å². The number of carbonyl (C=O) groups excluding carboxylic acids is 2. The summed E-state index contributed by atoms with van der Waals surface area (Å²) in [6, 6.07) is 3.47. The van der Waals surface area contributed by atoms with Crippen LogP contribution in [0.25, 0.3) is 0 Å². The zero-order valence-electron chi connectivity index (χ0n) is 12.4. The Morgan fingerprint density at radius 2 is 1.92 bits per heavy atom. The smallest absolute Gasteiger partial charge is 0.339 e. The van der Waals surface area contributed by atoms with Gasteiger partial charge in [-0.15, -0.1) is 0 Å². The third-order valence-electron chi connectivity index (χ3n) is 3.81. The Hall–Kier alpha value is -3.35. The van der Waals surface area contributed by atoms with Crippen molar-refractivity contribution in [3.05, 3.63) is 59.7 Å². The first-order valence-corrected chi connectivity index (χ1v) is 7.21. The molecule has 2 amide bonds. The molecule has 7 heteroatoms. The fraction of sp³-hybridized carbons (Fsp3) is 0.118. The number of anilines is 1. The molecule has 2 atom stereocenters. The van der Waals surface area contributed by atoms with Crippen LogP contribution in [-0.2, 0) is 9.59 Å². The molecule has 1 aliphatic heterocycles. The average Bonchev–Trinajstić information content (AvgIpc) is 2.53. The van der Waals surface area contributed by atoms with E-state index >= 15 is 0 Å². The highest BCUT2D eigenvalue weighted by atomic mass is 16.4. The van der Waals surface area contributed by atoms with E-state index in [4.69, 9.17) is 5.11 Å². The maximum atomic E-state index is 12.3. The second-order valence-corrected chi connectivity index (χ2v) is 5.42. The van der Waals surface area contributed by atoms with Crippen LogP contribution in [0.1, 0.15) is 10.4 Å². The van der Waals surface area contributed by atoms with Gasteiger partial charge < -0.3 is 20.8 Å². The lowest BCUT2D eigenvalue weighted by Crippen LogP contribution is -2.45. The number of hydrogen-bond donors (Lipinski definition) is 4. The average molecular weight is 326 g/mol. The van der Waals surface area contributed by atoms with E-state index in [1.54, 1.807) is 6.08 Å². The summed E-state index contributed by atoms with van der Waals surface area (Å²) in [5.74, 6) is -2.96. The highest BCUT2D eigenvalue weighted by Gasteiger charge is 2.30. The highest BCUT2D eigenvalue weighted by Crippen LogP contribution is 2.24. The molecular formula is C17H14N2O5. The summed E-state index contributed by atoms with van der Waals surface area (Å²) in [7, 11) is 0. The quantitative estimate of drug-likeness (QED) is 0.623. The number of amides is 2. The Morgan fingerprint density at radius 3 is 2.62 bits per heavy atom. The van der Waals surface area contributed by atoms with Crippen LogP contribution in [0.5, 0.6) is 5.75 Å². The summed E-state index contributed by atoms with van der Waals surface area (Å²) in [6.07, 6.45) is 8.98. The molecule has 122 valence electrons. The van der Waals surface area contributed by atoms with Crippen molar-refractivity contribution in [2.24, 2.45) is 5.92 Å². The molecule has 1 aliphatic carbocycles. The molecule has 1 heterocycles. The van der Waals surface area contributed by atoms with Gasteiger partial charge >= 0.3 is 5.97 Å². The number of fused-ring (bicyclic) bond motifs is 1. The third kappa shape index (κ3) is 2.91. The van der Waals surface area contributed by atoms with Crippen molar-refractivity contribution in [2.45, 2.75) is 6.04 Å². The monoisotopic (exact) mass is 326 g/mol. The van der Waals surface area contributed by atoms with Crippen molar-refractivity contribution >= 4 is 23.5 Å². The second kappa shape index (κ2) is 6.04. The SMILES string of the molecule is O=C(Nc1ccc(C(=O)O)c(O)c1)C1=CC2C=CC=CC2NC1=O. The number of nitrogens with one attached hydrogen (secondary N) is 2. The number of rotatable bonds is 3. The van der Waals surface area contributed by atoms with Crippen LogP contribution in [0.3, 0.4) is 0 Å². The van der Waals surface area contributed by atoms with Gasteiger partial charge in [-0.05, 0) is 12.1 Å². The molecule has 2 aliphatic rings. The molecule has 0 spiro atoms. The van der Waals surface area contributed by atoms with E-state index in [0.29, 0.717) is 0 Å². The second-order valence-electron chi connectivity index (χ2n) is 5.42. The summed E-state index contributed by atoms with van der Waals surface area (Å²) in [5, 5.41) is 23.7. The zero-order valence-corrected chi connectivity index (χ0v) is 12.4. The van der Waals surface area contributed by atoms with Crippen LogP contribution in [0.4, 0.5) is 5.69 Å². The molecule has 0 saturated carbocycles. The van der Waals surface area contributed by atoms with Crippen LogP contribution < -0.4 is 10.6 Å². The molecule has 7 nitrogen and oxygen atoms in total. The van der Waals surface area contributed by atoms with Crippen LogP contribution in [-0.4, -0.2) is 34.0 Å². The van der Waals surface area contributed by atoms with E-state index in [0.717, 1.165) is 6.07 Å². The van der Waals surface area contributed by atoms with E-state index < -0.39 is 23.5 Å². The van der Waals surface area contributed by atoms with E-state index in [1.165, 1.54) is 12.1 Å². The predicted octanol–water partition coefficient (Wildman–Crippen LogP) is 1.20. The normalized spacial score (nSPS) is 21.5. The van der Waals surface area contributed by atoms with E-state index in [-0.39, 0.29) is 28.8 Å². The summed E-state index contributed by atoms with van der Waals surface area (Å²) < 4.78 is 0. The number of carboxylic acids is 1. The van der Waals surface area contributed by atoms with Crippen molar-refractivity contribution in [1.29, 1.82) is 0 Å². The molecule has 0 saturated heterocycles. The zero-order chi connectivity index (χ0) is 17.3. The molecular weight excluding hydrogens is 312 g/mol. The van der Waals surface area contributed by atoms with Gasteiger partial charge in [-0.3, -0.25) is 9.59 Å². The molecule has 4 N–H and O–H groups in total. The predicted molar refractivity (Wildman–Crippen MR) is 85.5 cm³/mol. The first-order chi connectivity index (χ1) is 11.5. The van der Waals surface area contributed by atoms with E-state index in [9.17, 15) is 19.5 Å². The molecule has 0 aromatic heterocycles. The number of phenols is 1. The highest BCUT2D eigenvalue weighted by molar-refractivity contribution is 6.23. The topological polar surface area (TPSA) is 116 Å². The Bertz CT molecular complexity index is 822. The molecule has 2 unspecified atom stereocenters. The number of aromatic hydroxyl groups is 1. The van der Waals surface area contributed by atoms with E-state index in [1.807, 2.05) is 24.3 Å². The van der Waals surface area contributed by atoms with Gasteiger partial charge in [-0.25, -0.2) is 4.79 Å². The van der Waals surface area contributed by atoms with Crippen molar-refractivity contribution in [3.63, 3.8) is 0 Å². The summed E-state index contributed by atoms with van der Waals surface area (Å²) in [6.45, 7) is 0. The summed E-state index contributed by atoms with van der Waals surface area (Å²) >= 11 is 0. The lowest BCUT2D eigenvalue weighted by atomic mass is 9.89. The van der Waals surface area contributed by atoms with Crippen LogP contribution in [0, 0.1) is 5.92 Å². The van der Waals surface area contributed by atoms with Gasteiger partial charge in [0.1, 0.15) is 16.9 Å². The standard InChI is InChI=1S/C17H14N2O5/c20-14-8-10(5-6-11(14)17(23)24)18-15(21)12-7-9-3-1-2-4-13(9)19-16(12)22/h1-9,13,20H,(H,18,21)(H,19,22)(H,23,24). The first-order valence-electron chi connectivity index (χ1n) is 7.21. The number of aromatic carboxylic acids is 1. The van der Waals surface area contributed by atoms with Crippen molar-refractivity contribution < 1.29 is 24.6 Å². The molecule has 0 bridgehead atoms. The molecule has 24 heavy (non-hydrogen) atoms. The Labute approximate surface area is 137 Å². The summed E-state index contributed by atoms with van der Waals surface area (Å²) in [4.78, 5) is 35.2. The number of carbonyl (C=O) groups is 3. The summed E-state index contributed by atoms with van der Waals surface area (Å²) in [5.41, 5.74) is -0.111. The van der Waals surface area contributed by atoms with Gasteiger partial charge in [-0.2, -0.15) is 0 Å². The minimum Gasteiger partial charge on any atom is -0.507 e.